The third-order valence-corrected chi connectivity index (χ3v) is 3.06. The lowest BCUT2D eigenvalue weighted by Crippen LogP contribution is -2.32. The minimum Gasteiger partial charge on any atom is -0.342 e. The fourth-order valence-electron chi connectivity index (χ4n) is 2.27. The smallest absolute Gasteiger partial charge is 0.252 e. The molecule has 0 aromatic carbocycles. The zero-order chi connectivity index (χ0) is 12.3. The van der Waals surface area contributed by atoms with Crippen LogP contribution in [0.15, 0.2) is 10.9 Å². The van der Waals surface area contributed by atoms with Crippen molar-refractivity contribution < 1.29 is 0 Å². The van der Waals surface area contributed by atoms with Gasteiger partial charge in [0.1, 0.15) is 0 Å². The van der Waals surface area contributed by atoms with E-state index in [2.05, 4.69) is 28.7 Å². The van der Waals surface area contributed by atoms with Crippen molar-refractivity contribution in [2.24, 2.45) is 5.92 Å². The number of anilines is 1. The van der Waals surface area contributed by atoms with E-state index in [1.165, 1.54) is 19.3 Å². The van der Waals surface area contributed by atoms with Crippen LogP contribution in [0.4, 0.5) is 5.95 Å². The third kappa shape index (κ3) is 3.32. The van der Waals surface area contributed by atoms with Crippen LogP contribution in [0.5, 0.6) is 0 Å². The standard InChI is InChI=1S/C13H21N3O/c1-10(2)8-11-9-12(17)15-13(14-11)16-6-4-3-5-7-16/h9-10H,3-8H2,1-2H3,(H,14,15,17). The molecule has 2 heterocycles. The predicted molar refractivity (Wildman–Crippen MR) is 69.5 cm³/mol. The number of hydrogen-bond donors (Lipinski definition) is 1. The highest BCUT2D eigenvalue weighted by Gasteiger charge is 2.14. The van der Waals surface area contributed by atoms with Crippen LogP contribution in [-0.2, 0) is 6.42 Å². The second-order valence-electron chi connectivity index (χ2n) is 5.21. The number of aromatic amines is 1. The second-order valence-corrected chi connectivity index (χ2v) is 5.21. The Morgan fingerprint density at radius 2 is 2.06 bits per heavy atom. The molecule has 0 aliphatic carbocycles. The molecule has 17 heavy (non-hydrogen) atoms. The molecular weight excluding hydrogens is 214 g/mol. The summed E-state index contributed by atoms with van der Waals surface area (Å²) in [5, 5.41) is 0. The topological polar surface area (TPSA) is 49.0 Å². The normalized spacial score (nSPS) is 16.5. The molecular formula is C13H21N3O. The van der Waals surface area contributed by atoms with Crippen LogP contribution >= 0.6 is 0 Å². The Morgan fingerprint density at radius 1 is 1.35 bits per heavy atom. The first-order chi connectivity index (χ1) is 8.15. The van der Waals surface area contributed by atoms with Gasteiger partial charge >= 0.3 is 0 Å². The van der Waals surface area contributed by atoms with Gasteiger partial charge in [-0.15, -0.1) is 0 Å². The Morgan fingerprint density at radius 3 is 2.71 bits per heavy atom. The van der Waals surface area contributed by atoms with Crippen LogP contribution in [0.2, 0.25) is 0 Å². The minimum atomic E-state index is -0.0313. The first-order valence-electron chi connectivity index (χ1n) is 6.50. The van der Waals surface area contributed by atoms with Gasteiger partial charge in [-0.05, 0) is 31.6 Å². The van der Waals surface area contributed by atoms with Crippen molar-refractivity contribution in [2.75, 3.05) is 18.0 Å². The Balaban J connectivity index is 2.21. The molecule has 0 atom stereocenters. The summed E-state index contributed by atoms with van der Waals surface area (Å²) in [7, 11) is 0. The average Bonchev–Trinajstić information content (AvgIpc) is 2.28. The lowest BCUT2D eigenvalue weighted by atomic mass is 10.1. The fourth-order valence-corrected chi connectivity index (χ4v) is 2.27. The SMILES string of the molecule is CC(C)Cc1cc(=O)[nH]c(N2CCCCC2)n1. The van der Waals surface area contributed by atoms with E-state index in [0.717, 1.165) is 31.2 Å². The van der Waals surface area contributed by atoms with Crippen molar-refractivity contribution in [3.05, 3.63) is 22.1 Å². The van der Waals surface area contributed by atoms with Gasteiger partial charge in [0.25, 0.3) is 5.56 Å². The lowest BCUT2D eigenvalue weighted by molar-refractivity contribution is 0.564. The minimum absolute atomic E-state index is 0.0313. The Bertz CT molecular complexity index is 419. The Hall–Kier alpha value is -1.32. The lowest BCUT2D eigenvalue weighted by Gasteiger charge is -2.27. The number of rotatable bonds is 3. The van der Waals surface area contributed by atoms with Crippen LogP contribution in [0, 0.1) is 5.92 Å². The maximum atomic E-state index is 11.6. The summed E-state index contributed by atoms with van der Waals surface area (Å²) >= 11 is 0. The van der Waals surface area contributed by atoms with Gasteiger partial charge in [0.05, 0.1) is 5.69 Å². The van der Waals surface area contributed by atoms with E-state index in [1.54, 1.807) is 6.07 Å². The molecule has 0 spiro atoms. The molecule has 0 bridgehead atoms. The molecule has 1 fully saturated rings. The number of hydrogen-bond acceptors (Lipinski definition) is 3. The van der Waals surface area contributed by atoms with Gasteiger partial charge in [-0.1, -0.05) is 13.8 Å². The zero-order valence-corrected chi connectivity index (χ0v) is 10.7. The van der Waals surface area contributed by atoms with Gasteiger partial charge in [-0.25, -0.2) is 4.98 Å². The monoisotopic (exact) mass is 235 g/mol. The second kappa shape index (κ2) is 5.34. The van der Waals surface area contributed by atoms with Crippen molar-refractivity contribution in [3.63, 3.8) is 0 Å². The average molecular weight is 235 g/mol. The van der Waals surface area contributed by atoms with Gasteiger partial charge in [0, 0.05) is 19.2 Å². The Labute approximate surface area is 102 Å². The quantitative estimate of drug-likeness (QED) is 0.871. The molecule has 4 heteroatoms. The molecule has 2 rings (SSSR count). The number of piperidine rings is 1. The molecule has 1 saturated heterocycles. The largest absolute Gasteiger partial charge is 0.342 e. The fraction of sp³-hybridized carbons (Fsp3) is 0.692. The first kappa shape index (κ1) is 12.1. The van der Waals surface area contributed by atoms with E-state index in [1.807, 2.05) is 0 Å². The highest BCUT2D eigenvalue weighted by Crippen LogP contribution is 2.15. The molecule has 94 valence electrons. The van der Waals surface area contributed by atoms with E-state index >= 15 is 0 Å². The molecule has 0 saturated carbocycles. The maximum absolute atomic E-state index is 11.6. The van der Waals surface area contributed by atoms with E-state index in [0.29, 0.717) is 5.92 Å². The van der Waals surface area contributed by atoms with Gasteiger partial charge in [-0.3, -0.25) is 9.78 Å². The van der Waals surface area contributed by atoms with Crippen LogP contribution in [0.3, 0.4) is 0 Å². The van der Waals surface area contributed by atoms with Crippen molar-refractivity contribution in [3.8, 4) is 0 Å². The summed E-state index contributed by atoms with van der Waals surface area (Å²) in [4.78, 5) is 21.2. The van der Waals surface area contributed by atoms with Gasteiger partial charge in [0.15, 0.2) is 0 Å². The predicted octanol–water partition coefficient (Wildman–Crippen LogP) is 1.96. The van der Waals surface area contributed by atoms with Crippen molar-refractivity contribution >= 4 is 5.95 Å². The third-order valence-electron chi connectivity index (χ3n) is 3.06. The molecule has 1 aliphatic rings. The summed E-state index contributed by atoms with van der Waals surface area (Å²) in [6.07, 6.45) is 4.54. The Kier molecular flexibility index (Phi) is 3.82. The van der Waals surface area contributed by atoms with Gasteiger partial charge in [-0.2, -0.15) is 0 Å². The van der Waals surface area contributed by atoms with Crippen molar-refractivity contribution in [1.82, 2.24) is 9.97 Å². The molecule has 1 N–H and O–H groups in total. The molecule has 1 aromatic rings. The highest BCUT2D eigenvalue weighted by molar-refractivity contribution is 5.30. The number of H-pyrrole nitrogens is 1. The van der Waals surface area contributed by atoms with E-state index in [-0.39, 0.29) is 5.56 Å². The van der Waals surface area contributed by atoms with E-state index < -0.39 is 0 Å². The summed E-state index contributed by atoms with van der Waals surface area (Å²) in [5.74, 6) is 1.28. The summed E-state index contributed by atoms with van der Waals surface area (Å²) in [6.45, 7) is 6.30. The van der Waals surface area contributed by atoms with Crippen LogP contribution < -0.4 is 10.5 Å². The van der Waals surface area contributed by atoms with Crippen LogP contribution in [-0.4, -0.2) is 23.1 Å². The molecule has 0 radical (unpaired) electrons. The molecule has 4 nitrogen and oxygen atoms in total. The highest BCUT2D eigenvalue weighted by atomic mass is 16.1. The molecule has 1 aromatic heterocycles. The zero-order valence-electron chi connectivity index (χ0n) is 10.7. The van der Waals surface area contributed by atoms with E-state index in [4.69, 9.17) is 0 Å². The summed E-state index contributed by atoms with van der Waals surface area (Å²) in [5.41, 5.74) is 0.876. The molecule has 0 unspecified atom stereocenters. The van der Waals surface area contributed by atoms with Crippen molar-refractivity contribution in [1.29, 1.82) is 0 Å². The first-order valence-corrected chi connectivity index (χ1v) is 6.50. The van der Waals surface area contributed by atoms with E-state index in [9.17, 15) is 4.79 Å². The molecule has 0 amide bonds. The van der Waals surface area contributed by atoms with Crippen LogP contribution in [0.1, 0.15) is 38.8 Å². The van der Waals surface area contributed by atoms with Gasteiger partial charge < -0.3 is 4.90 Å². The maximum Gasteiger partial charge on any atom is 0.252 e. The number of aromatic nitrogens is 2. The summed E-state index contributed by atoms with van der Waals surface area (Å²) in [6, 6.07) is 1.62. The molecule has 1 aliphatic heterocycles. The number of nitrogens with one attached hydrogen (secondary N) is 1. The number of nitrogens with zero attached hydrogens (tertiary/aromatic N) is 2. The summed E-state index contributed by atoms with van der Waals surface area (Å²) < 4.78 is 0. The van der Waals surface area contributed by atoms with Crippen molar-refractivity contribution in [2.45, 2.75) is 39.5 Å². The van der Waals surface area contributed by atoms with Crippen LogP contribution in [0.25, 0.3) is 0 Å². The van der Waals surface area contributed by atoms with Gasteiger partial charge in [0.2, 0.25) is 5.95 Å².